The SMILES string of the molecule is Cc1cc(S(=O)(=O)NCC(c2cccnc2)S(=O)(=O)c2cccs2)c(C)cc1OC(C)C. The number of thiophene rings is 1. The van der Waals surface area contributed by atoms with E-state index in [4.69, 9.17) is 4.74 Å². The van der Waals surface area contributed by atoms with E-state index >= 15 is 0 Å². The summed E-state index contributed by atoms with van der Waals surface area (Å²) in [6.45, 7) is 6.93. The third-order valence-corrected chi connectivity index (χ3v) is 9.89. The lowest BCUT2D eigenvalue weighted by Gasteiger charge is -2.19. The molecule has 10 heteroatoms. The van der Waals surface area contributed by atoms with Crippen LogP contribution in [0.3, 0.4) is 0 Å². The maximum absolute atomic E-state index is 13.2. The molecule has 0 fully saturated rings. The maximum Gasteiger partial charge on any atom is 0.240 e. The average Bonchev–Trinajstić information content (AvgIpc) is 3.26. The van der Waals surface area contributed by atoms with Gasteiger partial charge >= 0.3 is 0 Å². The van der Waals surface area contributed by atoms with Gasteiger partial charge in [-0.3, -0.25) is 4.98 Å². The number of nitrogens with zero attached hydrogens (tertiary/aromatic N) is 1. The lowest BCUT2D eigenvalue weighted by molar-refractivity contribution is 0.240. The van der Waals surface area contributed by atoms with Crippen LogP contribution in [0.2, 0.25) is 0 Å². The quantitative estimate of drug-likeness (QED) is 0.482. The standard InChI is InChI=1S/C22H26N2O5S3/c1-15(2)29-19-11-17(4)20(12-16(19)3)32(27,28)24-14-21(18-7-5-9-23-13-18)31(25,26)22-8-6-10-30-22/h5-13,15,21,24H,14H2,1-4H3. The molecule has 172 valence electrons. The van der Waals surface area contributed by atoms with E-state index < -0.39 is 25.1 Å². The molecule has 1 aromatic carbocycles. The Morgan fingerprint density at radius 3 is 2.41 bits per heavy atom. The second-order valence-electron chi connectivity index (χ2n) is 7.65. The molecular weight excluding hydrogens is 468 g/mol. The van der Waals surface area contributed by atoms with E-state index in [1.54, 1.807) is 49.6 Å². The molecule has 2 aromatic heterocycles. The first-order chi connectivity index (χ1) is 15.0. The van der Waals surface area contributed by atoms with Crippen molar-refractivity contribution in [1.82, 2.24) is 9.71 Å². The first-order valence-electron chi connectivity index (χ1n) is 9.97. The van der Waals surface area contributed by atoms with Gasteiger partial charge in [-0.15, -0.1) is 11.3 Å². The molecular formula is C22H26N2O5S3. The molecule has 0 radical (unpaired) electrons. The number of sulfonamides is 1. The van der Waals surface area contributed by atoms with Gasteiger partial charge in [-0.2, -0.15) is 0 Å². The fraction of sp³-hybridized carbons (Fsp3) is 0.318. The Hall–Kier alpha value is -2.27. The topological polar surface area (TPSA) is 102 Å². The lowest BCUT2D eigenvalue weighted by Crippen LogP contribution is -2.32. The number of hydrogen-bond donors (Lipinski definition) is 1. The van der Waals surface area contributed by atoms with E-state index in [2.05, 4.69) is 9.71 Å². The van der Waals surface area contributed by atoms with Crippen molar-refractivity contribution in [3.05, 3.63) is 70.9 Å². The fourth-order valence-electron chi connectivity index (χ4n) is 3.24. The molecule has 0 bridgehead atoms. The Labute approximate surface area is 193 Å². The van der Waals surface area contributed by atoms with Crippen LogP contribution in [-0.2, 0) is 19.9 Å². The zero-order valence-electron chi connectivity index (χ0n) is 18.3. The van der Waals surface area contributed by atoms with E-state index in [0.717, 1.165) is 11.3 Å². The third kappa shape index (κ3) is 5.37. The van der Waals surface area contributed by atoms with Gasteiger partial charge in [0, 0.05) is 18.9 Å². The number of rotatable bonds is 9. The Bertz CT molecular complexity index is 1270. The van der Waals surface area contributed by atoms with Gasteiger partial charge in [-0.1, -0.05) is 12.1 Å². The van der Waals surface area contributed by atoms with E-state index in [-0.39, 0.29) is 21.8 Å². The second-order valence-corrected chi connectivity index (χ2v) is 12.7. The summed E-state index contributed by atoms with van der Waals surface area (Å²) in [5, 5.41) is 0.555. The first kappa shape index (κ1) is 24.4. The molecule has 0 aliphatic rings. The number of hydrogen-bond acceptors (Lipinski definition) is 7. The molecule has 0 amide bonds. The summed E-state index contributed by atoms with van der Waals surface area (Å²) in [7, 11) is -7.80. The molecule has 1 unspecified atom stereocenters. The van der Waals surface area contributed by atoms with Crippen molar-refractivity contribution >= 4 is 31.2 Å². The summed E-state index contributed by atoms with van der Waals surface area (Å²) < 4.78 is 61.2. The van der Waals surface area contributed by atoms with Gasteiger partial charge in [0.2, 0.25) is 10.0 Å². The Morgan fingerprint density at radius 1 is 1.06 bits per heavy atom. The molecule has 0 aliphatic heterocycles. The van der Waals surface area contributed by atoms with Crippen LogP contribution < -0.4 is 9.46 Å². The number of sulfone groups is 1. The van der Waals surface area contributed by atoms with E-state index in [1.807, 2.05) is 13.8 Å². The number of aromatic nitrogens is 1. The van der Waals surface area contributed by atoms with Crippen LogP contribution in [0.5, 0.6) is 5.75 Å². The van der Waals surface area contributed by atoms with E-state index in [0.29, 0.717) is 22.4 Å². The van der Waals surface area contributed by atoms with Gasteiger partial charge in [0.05, 0.1) is 11.0 Å². The smallest absolute Gasteiger partial charge is 0.240 e. The molecule has 3 aromatic rings. The highest BCUT2D eigenvalue weighted by Crippen LogP contribution is 2.32. The lowest BCUT2D eigenvalue weighted by atomic mass is 10.1. The molecule has 0 saturated heterocycles. The molecule has 1 atom stereocenters. The number of nitrogens with one attached hydrogen (secondary N) is 1. The van der Waals surface area contributed by atoms with Crippen molar-refractivity contribution in [1.29, 1.82) is 0 Å². The van der Waals surface area contributed by atoms with Crippen LogP contribution in [0.25, 0.3) is 0 Å². The van der Waals surface area contributed by atoms with Gasteiger partial charge in [0.25, 0.3) is 0 Å². The minimum Gasteiger partial charge on any atom is -0.491 e. The molecule has 0 aliphatic carbocycles. The van der Waals surface area contributed by atoms with Crippen molar-refractivity contribution in [2.45, 2.75) is 48.2 Å². The summed E-state index contributed by atoms with van der Waals surface area (Å²) >= 11 is 1.09. The van der Waals surface area contributed by atoms with Crippen LogP contribution in [0.1, 0.15) is 35.8 Å². The highest BCUT2D eigenvalue weighted by atomic mass is 32.2. The molecule has 2 heterocycles. The Morgan fingerprint density at radius 2 is 1.81 bits per heavy atom. The number of aryl methyl sites for hydroxylation is 2. The first-order valence-corrected chi connectivity index (χ1v) is 13.9. The van der Waals surface area contributed by atoms with Crippen LogP contribution >= 0.6 is 11.3 Å². The normalized spacial score (nSPS) is 13.3. The van der Waals surface area contributed by atoms with Crippen molar-refractivity contribution in [2.24, 2.45) is 0 Å². The van der Waals surface area contributed by atoms with Crippen molar-refractivity contribution in [3.63, 3.8) is 0 Å². The number of pyridine rings is 1. The maximum atomic E-state index is 13.2. The van der Waals surface area contributed by atoms with Crippen molar-refractivity contribution in [3.8, 4) is 5.75 Å². The molecule has 7 nitrogen and oxygen atoms in total. The summed E-state index contributed by atoms with van der Waals surface area (Å²) in [4.78, 5) is 4.10. The Kier molecular flexibility index (Phi) is 7.39. The van der Waals surface area contributed by atoms with Gasteiger partial charge in [-0.25, -0.2) is 21.6 Å². The largest absolute Gasteiger partial charge is 0.491 e. The highest BCUT2D eigenvalue weighted by molar-refractivity contribution is 7.93. The zero-order valence-corrected chi connectivity index (χ0v) is 20.7. The fourth-order valence-corrected chi connectivity index (χ4v) is 7.55. The highest BCUT2D eigenvalue weighted by Gasteiger charge is 2.32. The van der Waals surface area contributed by atoms with Gasteiger partial charge < -0.3 is 4.74 Å². The predicted octanol–water partition coefficient (Wildman–Crippen LogP) is 4.04. The molecule has 0 saturated carbocycles. The second kappa shape index (κ2) is 9.70. The van der Waals surface area contributed by atoms with Crippen LogP contribution in [0.4, 0.5) is 0 Å². The summed E-state index contributed by atoms with van der Waals surface area (Å²) in [5.41, 5.74) is 1.61. The van der Waals surface area contributed by atoms with E-state index in [1.165, 1.54) is 18.5 Å². The minimum absolute atomic E-state index is 0.0450. The predicted molar refractivity (Wildman–Crippen MR) is 125 cm³/mol. The third-order valence-electron chi connectivity index (χ3n) is 4.79. The summed E-state index contributed by atoms with van der Waals surface area (Å²) in [6, 6.07) is 9.65. The monoisotopic (exact) mass is 494 g/mol. The minimum atomic E-state index is -3.98. The van der Waals surface area contributed by atoms with Gasteiger partial charge in [0.1, 0.15) is 15.2 Å². The van der Waals surface area contributed by atoms with E-state index in [9.17, 15) is 16.8 Å². The number of ether oxygens (including phenoxy) is 1. The zero-order chi connectivity index (χ0) is 23.5. The average molecular weight is 495 g/mol. The van der Waals surface area contributed by atoms with Crippen LogP contribution in [0, 0.1) is 13.8 Å². The molecule has 3 rings (SSSR count). The summed E-state index contributed by atoms with van der Waals surface area (Å²) in [6.07, 6.45) is 2.93. The van der Waals surface area contributed by atoms with Crippen LogP contribution in [-0.4, -0.2) is 34.5 Å². The van der Waals surface area contributed by atoms with Crippen molar-refractivity contribution in [2.75, 3.05) is 6.54 Å². The van der Waals surface area contributed by atoms with Crippen LogP contribution in [0.15, 0.2) is 63.3 Å². The molecule has 1 N–H and O–H groups in total. The van der Waals surface area contributed by atoms with Gasteiger partial charge in [-0.05, 0) is 74.0 Å². The molecule has 0 spiro atoms. The Balaban J connectivity index is 1.93. The number of benzene rings is 1. The van der Waals surface area contributed by atoms with Gasteiger partial charge in [0.15, 0.2) is 9.84 Å². The van der Waals surface area contributed by atoms with Crippen molar-refractivity contribution < 1.29 is 21.6 Å². The summed E-state index contributed by atoms with van der Waals surface area (Å²) in [5.74, 6) is 0.616. The molecule has 32 heavy (non-hydrogen) atoms.